The molecule has 2 aromatic carbocycles. The quantitative estimate of drug-likeness (QED) is 0.511. The molecule has 33 heavy (non-hydrogen) atoms. The zero-order chi connectivity index (χ0) is 25.4. The van der Waals surface area contributed by atoms with E-state index in [0.29, 0.717) is 5.56 Å². The van der Waals surface area contributed by atoms with Gasteiger partial charge in [0.2, 0.25) is 0 Å². The van der Waals surface area contributed by atoms with Crippen LogP contribution in [0.5, 0.6) is 5.75 Å². The second-order valence-electron chi connectivity index (χ2n) is 9.57. The second kappa shape index (κ2) is 12.2. The Balaban J connectivity index is 0.00000265. The average molecular weight is 458 g/mol. The van der Waals surface area contributed by atoms with Crippen LogP contribution in [-0.2, 0) is 5.41 Å². The highest BCUT2D eigenvalue weighted by Crippen LogP contribution is 2.41. The van der Waals surface area contributed by atoms with E-state index in [2.05, 4.69) is 50.4 Å². The number of aryl methyl sites for hydroxylation is 2. The van der Waals surface area contributed by atoms with Crippen LogP contribution in [0.1, 0.15) is 80.1 Å². The number of hydrogen-bond acceptors (Lipinski definition) is 4. The molecule has 0 aliphatic carbocycles. The van der Waals surface area contributed by atoms with Gasteiger partial charge in [-0.1, -0.05) is 58.9 Å². The first-order chi connectivity index (χ1) is 15.5. The maximum Gasteiger partial charge on any atom is 0.251 e. The molecule has 0 saturated carbocycles. The lowest BCUT2D eigenvalue weighted by atomic mass is 9.70. The first-order valence-corrected chi connectivity index (χ1v) is 11.7. The molecule has 1 atom stereocenters. The number of carbonyl (C=O) groups is 1. The van der Waals surface area contributed by atoms with E-state index in [1.54, 1.807) is 7.05 Å². The molecule has 1 amide bonds. The van der Waals surface area contributed by atoms with Crippen molar-refractivity contribution in [2.24, 2.45) is 5.41 Å². The molecule has 0 saturated heterocycles. The standard InChI is InChI=1S/C27H39NO3.CH4O/c1-9-27(10-2,20-11-13-22(18(3)15-20)25(30)28-8)21-12-14-23(19(4)16-21)31-17-24(29)26(5,6)7;1-2/h11-16,24,29H,9-10,17H2,1-8H3,(H,28,30);2H,1H3. The summed E-state index contributed by atoms with van der Waals surface area (Å²) < 4.78 is 5.94. The Labute approximate surface area is 200 Å². The summed E-state index contributed by atoms with van der Waals surface area (Å²) >= 11 is 0. The summed E-state index contributed by atoms with van der Waals surface area (Å²) in [5.74, 6) is 0.747. The van der Waals surface area contributed by atoms with Crippen LogP contribution in [-0.4, -0.2) is 43.0 Å². The van der Waals surface area contributed by atoms with Gasteiger partial charge in [0.25, 0.3) is 5.91 Å². The summed E-state index contributed by atoms with van der Waals surface area (Å²) in [6, 6.07) is 12.5. The topological polar surface area (TPSA) is 78.8 Å². The van der Waals surface area contributed by atoms with Crippen molar-refractivity contribution in [1.82, 2.24) is 5.32 Å². The van der Waals surface area contributed by atoms with Gasteiger partial charge in [0.1, 0.15) is 12.4 Å². The minimum atomic E-state index is -0.529. The number of carbonyl (C=O) groups excluding carboxylic acids is 1. The van der Waals surface area contributed by atoms with Crippen molar-refractivity contribution in [2.75, 3.05) is 20.8 Å². The zero-order valence-electron chi connectivity index (χ0n) is 21.9. The molecule has 1 unspecified atom stereocenters. The molecule has 0 aliphatic rings. The molecule has 0 aromatic heterocycles. The summed E-state index contributed by atoms with van der Waals surface area (Å²) in [6.07, 6.45) is 1.37. The van der Waals surface area contributed by atoms with Crippen LogP contribution >= 0.6 is 0 Å². The first kappa shape index (κ1) is 28.7. The van der Waals surface area contributed by atoms with Crippen LogP contribution in [0, 0.1) is 19.3 Å². The van der Waals surface area contributed by atoms with E-state index in [9.17, 15) is 9.90 Å². The van der Waals surface area contributed by atoms with Crippen molar-refractivity contribution >= 4 is 5.91 Å². The van der Waals surface area contributed by atoms with Crippen LogP contribution in [0.4, 0.5) is 0 Å². The largest absolute Gasteiger partial charge is 0.491 e. The molecule has 5 heteroatoms. The molecular formula is C28H43NO4. The Hall–Kier alpha value is -2.37. The minimum absolute atomic E-state index is 0.0579. The van der Waals surface area contributed by atoms with Crippen LogP contribution in [0.25, 0.3) is 0 Å². The fraction of sp³-hybridized carbons (Fsp3) is 0.536. The molecule has 3 N–H and O–H groups in total. The zero-order valence-corrected chi connectivity index (χ0v) is 21.9. The van der Waals surface area contributed by atoms with Gasteiger partial charge in [0.15, 0.2) is 0 Å². The maximum absolute atomic E-state index is 12.1. The van der Waals surface area contributed by atoms with Gasteiger partial charge >= 0.3 is 0 Å². The van der Waals surface area contributed by atoms with Crippen LogP contribution in [0.15, 0.2) is 36.4 Å². The fourth-order valence-corrected chi connectivity index (χ4v) is 4.11. The van der Waals surface area contributed by atoms with Gasteiger partial charge in [0.05, 0.1) is 6.10 Å². The van der Waals surface area contributed by atoms with E-state index in [4.69, 9.17) is 9.84 Å². The maximum atomic E-state index is 12.1. The number of aliphatic hydroxyl groups excluding tert-OH is 2. The first-order valence-electron chi connectivity index (χ1n) is 11.7. The molecular weight excluding hydrogens is 414 g/mol. The van der Waals surface area contributed by atoms with E-state index in [1.165, 1.54) is 11.1 Å². The highest BCUT2D eigenvalue weighted by molar-refractivity contribution is 5.95. The molecule has 5 nitrogen and oxygen atoms in total. The Kier molecular flexibility index (Phi) is 10.6. The van der Waals surface area contributed by atoms with E-state index >= 15 is 0 Å². The van der Waals surface area contributed by atoms with Gasteiger partial charge in [-0.25, -0.2) is 0 Å². The minimum Gasteiger partial charge on any atom is -0.491 e. The normalized spacial score (nSPS) is 12.5. The van der Waals surface area contributed by atoms with Gasteiger partial charge < -0.3 is 20.3 Å². The lowest BCUT2D eigenvalue weighted by Gasteiger charge is -2.34. The predicted octanol–water partition coefficient (Wildman–Crippen LogP) is 5.16. The lowest BCUT2D eigenvalue weighted by Crippen LogP contribution is -2.32. The van der Waals surface area contributed by atoms with Crippen molar-refractivity contribution in [1.29, 1.82) is 0 Å². The third-order valence-electron chi connectivity index (χ3n) is 6.58. The number of nitrogens with one attached hydrogen (secondary N) is 1. The van der Waals surface area contributed by atoms with Gasteiger partial charge in [-0.3, -0.25) is 4.79 Å². The van der Waals surface area contributed by atoms with Crippen LogP contribution in [0.2, 0.25) is 0 Å². The highest BCUT2D eigenvalue weighted by atomic mass is 16.5. The SMILES string of the molecule is CCC(CC)(c1ccc(OCC(O)C(C)(C)C)c(C)c1)c1ccc(C(=O)NC)c(C)c1.CO. The predicted molar refractivity (Wildman–Crippen MR) is 136 cm³/mol. The molecule has 0 bridgehead atoms. The molecule has 0 aliphatic heterocycles. The van der Waals surface area contributed by atoms with Gasteiger partial charge in [-0.2, -0.15) is 0 Å². The number of hydrogen-bond donors (Lipinski definition) is 3. The number of amides is 1. The van der Waals surface area contributed by atoms with Crippen molar-refractivity contribution in [3.8, 4) is 5.75 Å². The molecule has 0 radical (unpaired) electrons. The molecule has 2 rings (SSSR count). The number of benzene rings is 2. The van der Waals surface area contributed by atoms with Crippen molar-refractivity contribution in [2.45, 2.75) is 72.8 Å². The van der Waals surface area contributed by atoms with Gasteiger partial charge in [-0.15, -0.1) is 0 Å². The molecule has 0 spiro atoms. The average Bonchev–Trinajstić information content (AvgIpc) is 2.79. The second-order valence-corrected chi connectivity index (χ2v) is 9.57. The fourth-order valence-electron chi connectivity index (χ4n) is 4.11. The van der Waals surface area contributed by atoms with Crippen LogP contribution < -0.4 is 10.1 Å². The molecule has 0 fully saturated rings. The summed E-state index contributed by atoms with van der Waals surface area (Å²) in [7, 11) is 2.66. The molecule has 2 aromatic rings. The number of aliphatic hydroxyl groups is 2. The van der Waals surface area contributed by atoms with E-state index < -0.39 is 6.10 Å². The summed E-state index contributed by atoms with van der Waals surface area (Å²) in [6.45, 7) is 14.8. The Morgan fingerprint density at radius 2 is 1.48 bits per heavy atom. The highest BCUT2D eigenvalue weighted by Gasteiger charge is 2.32. The number of ether oxygens (including phenoxy) is 1. The molecule has 0 heterocycles. The van der Waals surface area contributed by atoms with E-state index in [-0.39, 0.29) is 23.3 Å². The summed E-state index contributed by atoms with van der Waals surface area (Å²) in [5, 5.41) is 20.0. The third kappa shape index (κ3) is 6.58. The van der Waals surface area contributed by atoms with Gasteiger partial charge in [-0.05, 0) is 66.5 Å². The van der Waals surface area contributed by atoms with Gasteiger partial charge in [0, 0.05) is 25.1 Å². The summed E-state index contributed by atoms with van der Waals surface area (Å²) in [5.41, 5.74) is 4.86. The number of rotatable bonds is 8. The summed E-state index contributed by atoms with van der Waals surface area (Å²) in [4.78, 5) is 12.1. The van der Waals surface area contributed by atoms with Crippen molar-refractivity contribution in [3.05, 3.63) is 64.2 Å². The Morgan fingerprint density at radius 1 is 0.970 bits per heavy atom. The Morgan fingerprint density at radius 3 is 1.91 bits per heavy atom. The Bertz CT molecular complexity index is 911. The van der Waals surface area contributed by atoms with Crippen molar-refractivity contribution < 1.29 is 19.7 Å². The van der Waals surface area contributed by atoms with Crippen molar-refractivity contribution in [3.63, 3.8) is 0 Å². The third-order valence-corrected chi connectivity index (χ3v) is 6.58. The van der Waals surface area contributed by atoms with E-state index in [0.717, 1.165) is 36.8 Å². The van der Waals surface area contributed by atoms with Crippen LogP contribution in [0.3, 0.4) is 0 Å². The smallest absolute Gasteiger partial charge is 0.251 e. The lowest BCUT2D eigenvalue weighted by molar-refractivity contribution is 0.0216. The van der Waals surface area contributed by atoms with E-state index in [1.807, 2.05) is 39.8 Å². The molecule has 184 valence electrons. The monoisotopic (exact) mass is 457 g/mol.